The first-order chi connectivity index (χ1) is 18.3. The maximum absolute atomic E-state index is 15.0. The molecular weight excluding hydrogens is 501 g/mol. The number of aromatic nitrogens is 4. The molecule has 198 valence electrons. The van der Waals surface area contributed by atoms with Gasteiger partial charge in [-0.1, -0.05) is 6.07 Å². The number of alkyl halides is 1. The van der Waals surface area contributed by atoms with Gasteiger partial charge in [-0.25, -0.2) is 23.1 Å². The number of nitrogens with one attached hydrogen (secondary N) is 3. The van der Waals surface area contributed by atoms with E-state index in [1.54, 1.807) is 13.0 Å². The third-order valence-electron chi connectivity index (χ3n) is 6.48. The first-order valence-electron chi connectivity index (χ1n) is 11.9. The van der Waals surface area contributed by atoms with Crippen LogP contribution in [0.4, 0.5) is 19.1 Å². The highest BCUT2D eigenvalue weighted by atomic mass is 19.1. The van der Waals surface area contributed by atoms with Crippen molar-refractivity contribution in [1.82, 2.24) is 25.5 Å². The lowest BCUT2D eigenvalue weighted by Crippen LogP contribution is -2.39. The van der Waals surface area contributed by atoms with Crippen LogP contribution in [-0.4, -0.2) is 58.6 Å². The summed E-state index contributed by atoms with van der Waals surface area (Å²) in [6.45, 7) is 2.14. The predicted octanol–water partition coefficient (Wildman–Crippen LogP) is 4.01. The van der Waals surface area contributed by atoms with Crippen molar-refractivity contribution in [3.05, 3.63) is 76.7 Å². The molecule has 1 aliphatic heterocycles. The number of benzene rings is 2. The van der Waals surface area contributed by atoms with Crippen molar-refractivity contribution in [3.63, 3.8) is 0 Å². The summed E-state index contributed by atoms with van der Waals surface area (Å²) < 4.78 is 53.7. The van der Waals surface area contributed by atoms with E-state index in [4.69, 9.17) is 9.47 Å². The molecule has 0 radical (unpaired) electrons. The van der Waals surface area contributed by atoms with E-state index < -0.39 is 35.8 Å². The number of anilines is 1. The number of H-pyrrole nitrogens is 1. The van der Waals surface area contributed by atoms with Crippen molar-refractivity contribution in [2.45, 2.75) is 31.6 Å². The number of halogens is 3. The molecular formula is C26H25F3N6O3. The highest BCUT2D eigenvalue weighted by molar-refractivity contribution is 5.98. The van der Waals surface area contributed by atoms with Gasteiger partial charge in [0.2, 0.25) is 5.95 Å². The monoisotopic (exact) mass is 526 g/mol. The van der Waals surface area contributed by atoms with E-state index in [-0.39, 0.29) is 34.8 Å². The molecule has 1 fully saturated rings. The molecule has 38 heavy (non-hydrogen) atoms. The van der Waals surface area contributed by atoms with Crippen molar-refractivity contribution in [2.75, 3.05) is 25.6 Å². The van der Waals surface area contributed by atoms with E-state index in [9.17, 15) is 18.0 Å². The summed E-state index contributed by atoms with van der Waals surface area (Å²) in [6.07, 6.45) is 2.01. The maximum Gasteiger partial charge on any atom is 0.252 e. The standard InChI is InChI=1S/C26H25F3N6O3/c1-13-16(11-31-35-13)24(14-3-4-23(37-2)19(28)7-14)34-25(36)15-8-18(27)17-10-30-26(33-22(17)9-15)32-21-5-6-38-12-20(21)29/h3-4,7-11,20-21,24H,5-6,12H2,1-2H3,(H,31,35)(H,34,36)(H,30,32,33)/t20-,21+,24-/m0/s1. The van der Waals surface area contributed by atoms with Crippen molar-refractivity contribution in [2.24, 2.45) is 0 Å². The molecule has 0 spiro atoms. The van der Waals surface area contributed by atoms with Crippen molar-refractivity contribution in [1.29, 1.82) is 0 Å². The molecule has 0 unspecified atom stereocenters. The number of ether oxygens (including phenoxy) is 2. The summed E-state index contributed by atoms with van der Waals surface area (Å²) in [4.78, 5) is 21.7. The summed E-state index contributed by atoms with van der Waals surface area (Å²) in [5.74, 6) is -1.74. The number of methoxy groups -OCH3 is 1. The van der Waals surface area contributed by atoms with Crippen LogP contribution in [0.3, 0.4) is 0 Å². The zero-order valence-corrected chi connectivity index (χ0v) is 20.6. The lowest BCUT2D eigenvalue weighted by atomic mass is 9.98. The summed E-state index contributed by atoms with van der Waals surface area (Å²) in [5, 5.41) is 12.7. The minimum Gasteiger partial charge on any atom is -0.494 e. The van der Waals surface area contributed by atoms with E-state index >= 15 is 0 Å². The van der Waals surface area contributed by atoms with Crippen molar-refractivity contribution < 1.29 is 27.4 Å². The molecule has 9 nitrogen and oxygen atoms in total. The number of carbonyl (C=O) groups excluding carboxylic acids is 1. The molecule has 2 aromatic carbocycles. The number of aryl methyl sites for hydroxylation is 1. The molecule has 4 aromatic rings. The Morgan fingerprint density at radius 3 is 2.76 bits per heavy atom. The number of hydrogen-bond donors (Lipinski definition) is 3. The number of fused-ring (bicyclic) bond motifs is 1. The Morgan fingerprint density at radius 2 is 2.05 bits per heavy atom. The van der Waals surface area contributed by atoms with Gasteiger partial charge in [-0.15, -0.1) is 0 Å². The highest BCUT2D eigenvalue weighted by Gasteiger charge is 2.27. The average molecular weight is 527 g/mol. The van der Waals surface area contributed by atoms with Gasteiger partial charge >= 0.3 is 0 Å². The maximum atomic E-state index is 15.0. The fraction of sp³-hybridized carbons (Fsp3) is 0.308. The van der Waals surface area contributed by atoms with Crippen LogP contribution in [0.1, 0.15) is 39.6 Å². The molecule has 2 aromatic heterocycles. The number of rotatable bonds is 7. The molecule has 5 rings (SSSR count). The molecule has 12 heteroatoms. The van der Waals surface area contributed by atoms with E-state index in [1.165, 1.54) is 37.7 Å². The quantitative estimate of drug-likeness (QED) is 0.334. The molecule has 3 N–H and O–H groups in total. The summed E-state index contributed by atoms with van der Waals surface area (Å²) in [6, 6.07) is 5.51. The molecule has 3 atom stereocenters. The Morgan fingerprint density at radius 1 is 1.21 bits per heavy atom. The first-order valence-corrected chi connectivity index (χ1v) is 11.9. The topological polar surface area (TPSA) is 114 Å². The molecule has 1 aliphatic rings. The molecule has 0 bridgehead atoms. The van der Waals surface area contributed by atoms with Crippen LogP contribution in [-0.2, 0) is 4.74 Å². The number of carbonyl (C=O) groups is 1. The normalized spacial score (nSPS) is 18.2. The minimum atomic E-state index is -1.23. The fourth-order valence-electron chi connectivity index (χ4n) is 4.39. The van der Waals surface area contributed by atoms with Crippen molar-refractivity contribution >= 4 is 22.8 Å². The number of amides is 1. The Hall–Kier alpha value is -4.19. The van der Waals surface area contributed by atoms with Gasteiger partial charge in [-0.3, -0.25) is 9.89 Å². The van der Waals surface area contributed by atoms with Crippen LogP contribution in [0.5, 0.6) is 5.75 Å². The van der Waals surface area contributed by atoms with Gasteiger partial charge in [0.05, 0.1) is 42.9 Å². The van der Waals surface area contributed by atoms with Crippen LogP contribution in [0.25, 0.3) is 10.9 Å². The van der Waals surface area contributed by atoms with Gasteiger partial charge < -0.3 is 20.1 Å². The molecule has 3 heterocycles. The third kappa shape index (κ3) is 5.12. The number of hydrogen-bond acceptors (Lipinski definition) is 7. The zero-order valence-electron chi connectivity index (χ0n) is 20.6. The van der Waals surface area contributed by atoms with Gasteiger partial charge in [0.1, 0.15) is 12.0 Å². The number of aromatic amines is 1. The average Bonchev–Trinajstić information content (AvgIpc) is 3.33. The summed E-state index contributed by atoms with van der Waals surface area (Å²) in [5.41, 5.74) is 1.87. The van der Waals surface area contributed by atoms with E-state index in [2.05, 4.69) is 30.8 Å². The fourth-order valence-corrected chi connectivity index (χ4v) is 4.39. The van der Waals surface area contributed by atoms with Crippen LogP contribution < -0.4 is 15.4 Å². The van der Waals surface area contributed by atoms with E-state index in [0.717, 1.165) is 6.07 Å². The first kappa shape index (κ1) is 25.5. The zero-order chi connectivity index (χ0) is 26.8. The van der Waals surface area contributed by atoms with Crippen molar-refractivity contribution in [3.8, 4) is 5.75 Å². The van der Waals surface area contributed by atoms with Crippen LogP contribution in [0.15, 0.2) is 42.7 Å². The second-order valence-electron chi connectivity index (χ2n) is 8.97. The minimum absolute atomic E-state index is 0.00536. The predicted molar refractivity (Wildman–Crippen MR) is 133 cm³/mol. The lowest BCUT2D eigenvalue weighted by Gasteiger charge is -2.26. The Bertz CT molecular complexity index is 1480. The number of nitrogens with zero attached hydrogens (tertiary/aromatic N) is 3. The van der Waals surface area contributed by atoms with E-state index in [0.29, 0.717) is 29.8 Å². The third-order valence-corrected chi connectivity index (χ3v) is 6.48. The second-order valence-corrected chi connectivity index (χ2v) is 8.97. The van der Waals surface area contributed by atoms with E-state index in [1.807, 2.05) is 0 Å². The Labute approximate surface area is 215 Å². The largest absolute Gasteiger partial charge is 0.494 e. The molecule has 0 aliphatic carbocycles. The van der Waals surface area contributed by atoms with Gasteiger partial charge in [-0.05, 0) is 43.2 Å². The van der Waals surface area contributed by atoms with Crippen LogP contribution in [0.2, 0.25) is 0 Å². The van der Waals surface area contributed by atoms with Crippen LogP contribution in [0, 0.1) is 18.6 Å². The molecule has 1 amide bonds. The lowest BCUT2D eigenvalue weighted by molar-refractivity contribution is 0.0284. The van der Waals surface area contributed by atoms with Gasteiger partial charge in [0, 0.05) is 29.6 Å². The Balaban J connectivity index is 1.45. The van der Waals surface area contributed by atoms with Gasteiger partial charge in [0.15, 0.2) is 11.6 Å². The molecule has 0 saturated carbocycles. The summed E-state index contributed by atoms with van der Waals surface area (Å²) in [7, 11) is 1.36. The smallest absolute Gasteiger partial charge is 0.252 e. The Kier molecular flexibility index (Phi) is 7.14. The molecule has 1 saturated heterocycles. The summed E-state index contributed by atoms with van der Waals surface area (Å²) >= 11 is 0. The van der Waals surface area contributed by atoms with Gasteiger partial charge in [-0.2, -0.15) is 5.10 Å². The SMILES string of the molecule is COc1ccc([C@H](NC(=O)c2cc(F)c3cnc(N[C@@H]4CCOC[C@@H]4F)nc3c2)c2cn[nH]c2C)cc1F. The van der Waals surface area contributed by atoms with Gasteiger partial charge in [0.25, 0.3) is 5.91 Å². The second kappa shape index (κ2) is 10.7. The highest BCUT2D eigenvalue weighted by Crippen LogP contribution is 2.29. The van der Waals surface area contributed by atoms with Crippen LogP contribution >= 0.6 is 0 Å².